The first kappa shape index (κ1) is 29.4. The number of aliphatic hydroxyl groups excluding tert-OH is 1. The molecule has 0 aliphatic rings. The molecule has 0 aliphatic heterocycles. The number of rotatable bonds is 11. The van der Waals surface area contributed by atoms with Crippen LogP contribution in [-0.4, -0.2) is 47.1 Å². The number of ether oxygens (including phenoxy) is 4. The molecule has 0 aromatic heterocycles. The van der Waals surface area contributed by atoms with E-state index >= 15 is 0 Å². The zero-order chi connectivity index (χ0) is 29.6. The number of carbonyl (C=O) groups is 1. The molecule has 0 heterocycles. The molecule has 41 heavy (non-hydrogen) atoms. The Morgan fingerprint density at radius 2 is 1.51 bits per heavy atom. The van der Waals surface area contributed by atoms with Gasteiger partial charge in [-0.2, -0.15) is 8.42 Å². The van der Waals surface area contributed by atoms with Crippen molar-refractivity contribution in [3.63, 3.8) is 0 Å². The lowest BCUT2D eigenvalue weighted by Gasteiger charge is -2.21. The zero-order valence-corrected chi connectivity index (χ0v) is 23.9. The molecule has 0 bridgehead atoms. The van der Waals surface area contributed by atoms with Crippen molar-refractivity contribution in [3.05, 3.63) is 95.6 Å². The molecule has 0 atom stereocenters. The fourth-order valence-corrected chi connectivity index (χ4v) is 4.87. The lowest BCUT2D eigenvalue weighted by atomic mass is 9.91. The van der Waals surface area contributed by atoms with Crippen molar-refractivity contribution in [2.24, 2.45) is 0 Å². The molecule has 4 rings (SSSR count). The van der Waals surface area contributed by atoms with Crippen molar-refractivity contribution in [3.8, 4) is 45.3 Å². The Hall–Kier alpha value is -4.54. The van der Waals surface area contributed by atoms with Gasteiger partial charge in [-0.3, -0.25) is 0 Å². The predicted molar refractivity (Wildman–Crippen MR) is 154 cm³/mol. The summed E-state index contributed by atoms with van der Waals surface area (Å²) < 4.78 is 50.5. The summed E-state index contributed by atoms with van der Waals surface area (Å²) in [5.41, 5.74) is 3.69. The summed E-state index contributed by atoms with van der Waals surface area (Å²) >= 11 is 0. The highest BCUT2D eigenvalue weighted by Crippen LogP contribution is 2.46. The van der Waals surface area contributed by atoms with Crippen LogP contribution in [0.5, 0.6) is 23.0 Å². The van der Waals surface area contributed by atoms with E-state index in [0.29, 0.717) is 45.9 Å². The van der Waals surface area contributed by atoms with Gasteiger partial charge in [-0.25, -0.2) is 4.79 Å². The average Bonchev–Trinajstić information content (AvgIpc) is 2.98. The number of benzene rings is 4. The quantitative estimate of drug-likeness (QED) is 0.188. The number of hydrogen-bond donors (Lipinski definition) is 1. The van der Waals surface area contributed by atoms with Crippen molar-refractivity contribution in [2.75, 3.05) is 27.6 Å². The highest BCUT2D eigenvalue weighted by molar-refractivity contribution is 7.86. The molecule has 10 heteroatoms. The third kappa shape index (κ3) is 6.79. The number of methoxy groups -OCH3 is 3. The molecular weight excluding hydrogens is 548 g/mol. The van der Waals surface area contributed by atoms with Gasteiger partial charge in [0.25, 0.3) is 0 Å². The standard InChI is InChI=1S/C31H30O9S/c1-36-27-17-25(21-10-13-24(14-11-21)40-41(4,34)35)30(37-2)29(31(33)38-3)28(27)22-12-15-26(23(16-22)18-32)39-19-20-8-6-5-7-9-20/h5-17,32H,18-19H2,1-4H3. The molecule has 1 N–H and O–H groups in total. The van der Waals surface area contributed by atoms with Crippen LogP contribution in [0.25, 0.3) is 22.3 Å². The summed E-state index contributed by atoms with van der Waals surface area (Å²) in [5.74, 6) is 0.541. The molecule has 0 amide bonds. The van der Waals surface area contributed by atoms with Crippen molar-refractivity contribution >= 4 is 16.1 Å². The van der Waals surface area contributed by atoms with Gasteiger partial charge in [-0.05, 0) is 47.0 Å². The van der Waals surface area contributed by atoms with Crippen molar-refractivity contribution in [1.82, 2.24) is 0 Å². The van der Waals surface area contributed by atoms with E-state index in [1.807, 2.05) is 30.3 Å². The third-order valence-electron chi connectivity index (χ3n) is 6.23. The van der Waals surface area contributed by atoms with Gasteiger partial charge in [0.1, 0.15) is 35.2 Å². The van der Waals surface area contributed by atoms with E-state index in [1.54, 1.807) is 36.4 Å². The molecule has 0 saturated heterocycles. The van der Waals surface area contributed by atoms with Crippen LogP contribution in [0.3, 0.4) is 0 Å². The Morgan fingerprint density at radius 1 is 0.829 bits per heavy atom. The maximum absolute atomic E-state index is 13.2. The first-order valence-corrected chi connectivity index (χ1v) is 14.3. The number of carbonyl (C=O) groups excluding carboxylic acids is 1. The molecule has 0 radical (unpaired) electrons. The molecule has 4 aromatic rings. The van der Waals surface area contributed by atoms with Crippen LogP contribution >= 0.6 is 0 Å². The fraction of sp³-hybridized carbons (Fsp3) is 0.194. The first-order valence-electron chi connectivity index (χ1n) is 12.5. The topological polar surface area (TPSA) is 118 Å². The molecule has 0 aliphatic carbocycles. The van der Waals surface area contributed by atoms with E-state index in [4.69, 9.17) is 23.1 Å². The maximum atomic E-state index is 13.2. The maximum Gasteiger partial charge on any atom is 0.342 e. The molecule has 214 valence electrons. The van der Waals surface area contributed by atoms with Crippen LogP contribution in [0.15, 0.2) is 78.9 Å². The highest BCUT2D eigenvalue weighted by atomic mass is 32.2. The van der Waals surface area contributed by atoms with Crippen LogP contribution < -0.4 is 18.4 Å². The van der Waals surface area contributed by atoms with Crippen LogP contribution in [0, 0.1) is 0 Å². The Bertz CT molecular complexity index is 1630. The van der Waals surface area contributed by atoms with Crippen molar-refractivity contribution in [2.45, 2.75) is 13.2 Å². The predicted octanol–water partition coefficient (Wildman–Crippen LogP) is 5.23. The molecule has 0 fully saturated rings. The van der Waals surface area contributed by atoms with Crippen LogP contribution in [0.4, 0.5) is 0 Å². The van der Waals surface area contributed by atoms with Gasteiger partial charge < -0.3 is 28.2 Å². The average molecular weight is 579 g/mol. The number of esters is 1. The number of aliphatic hydroxyl groups is 1. The van der Waals surface area contributed by atoms with E-state index in [1.165, 1.54) is 33.5 Å². The Kier molecular flexibility index (Phi) is 9.16. The first-order chi connectivity index (χ1) is 19.7. The highest BCUT2D eigenvalue weighted by Gasteiger charge is 2.28. The minimum Gasteiger partial charge on any atom is -0.496 e. The Balaban J connectivity index is 1.83. The van der Waals surface area contributed by atoms with Crippen LogP contribution in [0.1, 0.15) is 21.5 Å². The lowest BCUT2D eigenvalue weighted by Crippen LogP contribution is -2.09. The van der Waals surface area contributed by atoms with Gasteiger partial charge in [0.15, 0.2) is 0 Å². The van der Waals surface area contributed by atoms with E-state index in [2.05, 4.69) is 0 Å². The second kappa shape index (κ2) is 12.8. The molecular formula is C31H30O9S. The van der Waals surface area contributed by atoms with Gasteiger partial charge in [0, 0.05) is 16.7 Å². The van der Waals surface area contributed by atoms with Gasteiger partial charge in [-0.1, -0.05) is 48.5 Å². The summed E-state index contributed by atoms with van der Waals surface area (Å²) in [4.78, 5) is 13.2. The minimum atomic E-state index is -3.70. The molecule has 9 nitrogen and oxygen atoms in total. The third-order valence-corrected chi connectivity index (χ3v) is 6.72. The van der Waals surface area contributed by atoms with E-state index in [9.17, 15) is 18.3 Å². The van der Waals surface area contributed by atoms with Gasteiger partial charge in [-0.15, -0.1) is 0 Å². The molecule has 0 unspecified atom stereocenters. The van der Waals surface area contributed by atoms with Crippen molar-refractivity contribution in [1.29, 1.82) is 0 Å². The second-order valence-electron chi connectivity index (χ2n) is 8.97. The Morgan fingerprint density at radius 3 is 2.10 bits per heavy atom. The fourth-order valence-electron chi connectivity index (χ4n) is 4.41. The van der Waals surface area contributed by atoms with Gasteiger partial charge in [0.2, 0.25) is 0 Å². The summed E-state index contributed by atoms with van der Waals surface area (Å²) in [6.45, 7) is 0.0193. The summed E-state index contributed by atoms with van der Waals surface area (Å²) in [5, 5.41) is 10.1. The lowest BCUT2D eigenvalue weighted by molar-refractivity contribution is 0.0597. The van der Waals surface area contributed by atoms with E-state index in [-0.39, 0.29) is 23.7 Å². The molecule has 4 aromatic carbocycles. The molecule has 0 spiro atoms. The van der Waals surface area contributed by atoms with E-state index < -0.39 is 16.1 Å². The van der Waals surface area contributed by atoms with Gasteiger partial charge >= 0.3 is 16.1 Å². The summed E-state index contributed by atoms with van der Waals surface area (Å²) in [6, 6.07) is 22.9. The molecule has 0 saturated carbocycles. The van der Waals surface area contributed by atoms with E-state index in [0.717, 1.165) is 11.8 Å². The zero-order valence-electron chi connectivity index (χ0n) is 23.0. The number of hydrogen-bond acceptors (Lipinski definition) is 9. The summed E-state index contributed by atoms with van der Waals surface area (Å²) in [7, 11) is 0.479. The summed E-state index contributed by atoms with van der Waals surface area (Å²) in [6.07, 6.45) is 0.959. The van der Waals surface area contributed by atoms with Crippen LogP contribution in [0.2, 0.25) is 0 Å². The van der Waals surface area contributed by atoms with Crippen molar-refractivity contribution < 1.29 is 41.4 Å². The monoisotopic (exact) mass is 578 g/mol. The van der Waals surface area contributed by atoms with Gasteiger partial charge in [0.05, 0.1) is 34.2 Å². The van der Waals surface area contributed by atoms with Crippen LogP contribution in [-0.2, 0) is 28.1 Å². The largest absolute Gasteiger partial charge is 0.496 e. The normalized spacial score (nSPS) is 11.0. The Labute approximate surface area is 239 Å². The minimum absolute atomic E-state index is 0.114. The smallest absolute Gasteiger partial charge is 0.342 e. The SMILES string of the molecule is COC(=O)c1c(OC)c(-c2ccc(OS(C)(=O)=O)cc2)cc(OC)c1-c1ccc(OCc2ccccc2)c(CO)c1. The second-order valence-corrected chi connectivity index (χ2v) is 10.5.